The van der Waals surface area contributed by atoms with Crippen molar-refractivity contribution in [3.8, 4) is 0 Å². The molecule has 0 aliphatic rings. The van der Waals surface area contributed by atoms with E-state index in [4.69, 9.17) is 5.73 Å². The predicted octanol–water partition coefficient (Wildman–Crippen LogP) is 3.07. The van der Waals surface area contributed by atoms with Crippen LogP contribution in [0.15, 0.2) is 35.3 Å². The Labute approximate surface area is 98.6 Å². The van der Waals surface area contributed by atoms with E-state index in [1.807, 2.05) is 30.3 Å². The van der Waals surface area contributed by atoms with Gasteiger partial charge in [0.15, 0.2) is 0 Å². The van der Waals surface area contributed by atoms with E-state index in [2.05, 4.69) is 32.7 Å². The molecule has 0 bridgehead atoms. The van der Waals surface area contributed by atoms with Crippen molar-refractivity contribution < 1.29 is 0 Å². The molecule has 2 heteroatoms. The van der Waals surface area contributed by atoms with Crippen LogP contribution in [0, 0.1) is 11.3 Å². The monoisotopic (exact) mass is 218 g/mol. The molecule has 0 saturated carbocycles. The van der Waals surface area contributed by atoms with Crippen molar-refractivity contribution in [1.82, 2.24) is 0 Å². The van der Waals surface area contributed by atoms with Gasteiger partial charge in [0.2, 0.25) is 0 Å². The minimum Gasteiger partial charge on any atom is -0.384 e. The van der Waals surface area contributed by atoms with Crippen LogP contribution in [0.1, 0.15) is 33.3 Å². The van der Waals surface area contributed by atoms with Crippen LogP contribution in [0.2, 0.25) is 0 Å². The highest BCUT2D eigenvalue weighted by Gasteiger charge is 2.19. The molecule has 2 N–H and O–H groups in total. The van der Waals surface area contributed by atoms with Crippen molar-refractivity contribution in [1.29, 1.82) is 0 Å². The van der Waals surface area contributed by atoms with E-state index in [9.17, 15) is 0 Å². The van der Waals surface area contributed by atoms with Crippen LogP contribution in [0.3, 0.4) is 0 Å². The molecular formula is C14H22N2. The lowest BCUT2D eigenvalue weighted by Crippen LogP contribution is -2.22. The van der Waals surface area contributed by atoms with Gasteiger partial charge in [0.25, 0.3) is 0 Å². The van der Waals surface area contributed by atoms with Gasteiger partial charge in [0.1, 0.15) is 5.84 Å². The Hall–Kier alpha value is -1.31. The Kier molecular flexibility index (Phi) is 4.11. The van der Waals surface area contributed by atoms with Crippen molar-refractivity contribution in [3.05, 3.63) is 35.9 Å². The summed E-state index contributed by atoms with van der Waals surface area (Å²) in [6.07, 6.45) is 0. The first-order valence-corrected chi connectivity index (χ1v) is 5.76. The SMILES string of the molecule is CC(CN=C(N)c1ccccc1)C(C)(C)C. The molecule has 2 nitrogen and oxygen atoms in total. The van der Waals surface area contributed by atoms with E-state index in [0.717, 1.165) is 12.1 Å². The zero-order valence-electron chi connectivity index (χ0n) is 10.7. The van der Waals surface area contributed by atoms with Gasteiger partial charge >= 0.3 is 0 Å². The van der Waals surface area contributed by atoms with Gasteiger partial charge in [-0.25, -0.2) is 0 Å². The van der Waals surface area contributed by atoms with E-state index in [0.29, 0.717) is 11.8 Å². The maximum absolute atomic E-state index is 5.94. The van der Waals surface area contributed by atoms with Gasteiger partial charge in [-0.2, -0.15) is 0 Å². The van der Waals surface area contributed by atoms with Crippen LogP contribution in [-0.2, 0) is 0 Å². The highest BCUT2D eigenvalue weighted by atomic mass is 14.9. The summed E-state index contributed by atoms with van der Waals surface area (Å²) < 4.78 is 0. The third-order valence-electron chi connectivity index (χ3n) is 3.08. The van der Waals surface area contributed by atoms with Crippen molar-refractivity contribution in [3.63, 3.8) is 0 Å². The Balaban J connectivity index is 2.66. The van der Waals surface area contributed by atoms with Crippen LogP contribution in [0.4, 0.5) is 0 Å². The molecular weight excluding hydrogens is 196 g/mol. The van der Waals surface area contributed by atoms with Crippen LogP contribution >= 0.6 is 0 Å². The normalized spacial score (nSPS) is 14.9. The summed E-state index contributed by atoms with van der Waals surface area (Å²) in [4.78, 5) is 4.46. The highest BCUT2D eigenvalue weighted by Crippen LogP contribution is 2.25. The van der Waals surface area contributed by atoms with Gasteiger partial charge in [-0.05, 0) is 11.3 Å². The first-order chi connectivity index (χ1) is 7.41. The van der Waals surface area contributed by atoms with Gasteiger partial charge in [0, 0.05) is 12.1 Å². The molecule has 1 atom stereocenters. The topological polar surface area (TPSA) is 38.4 Å². The zero-order chi connectivity index (χ0) is 12.2. The Morgan fingerprint density at radius 1 is 1.25 bits per heavy atom. The highest BCUT2D eigenvalue weighted by molar-refractivity contribution is 5.97. The molecule has 0 aliphatic carbocycles. The maximum Gasteiger partial charge on any atom is 0.125 e. The van der Waals surface area contributed by atoms with Gasteiger partial charge in [-0.1, -0.05) is 58.0 Å². The van der Waals surface area contributed by atoms with Gasteiger partial charge in [-0.15, -0.1) is 0 Å². The minimum absolute atomic E-state index is 0.278. The number of benzene rings is 1. The average Bonchev–Trinajstić information content (AvgIpc) is 2.25. The number of rotatable bonds is 3. The lowest BCUT2D eigenvalue weighted by Gasteiger charge is -2.25. The summed E-state index contributed by atoms with van der Waals surface area (Å²) >= 11 is 0. The van der Waals surface area contributed by atoms with E-state index in [1.54, 1.807) is 0 Å². The van der Waals surface area contributed by atoms with Crippen molar-refractivity contribution in [2.75, 3.05) is 6.54 Å². The lowest BCUT2D eigenvalue weighted by atomic mass is 9.82. The maximum atomic E-state index is 5.94. The minimum atomic E-state index is 0.278. The summed E-state index contributed by atoms with van der Waals surface area (Å²) in [6, 6.07) is 9.91. The fraction of sp³-hybridized carbons (Fsp3) is 0.500. The van der Waals surface area contributed by atoms with E-state index >= 15 is 0 Å². The molecule has 0 fully saturated rings. The molecule has 0 spiro atoms. The molecule has 0 heterocycles. The molecule has 0 aromatic heterocycles. The van der Waals surface area contributed by atoms with Gasteiger partial charge < -0.3 is 5.73 Å². The van der Waals surface area contributed by atoms with Crippen molar-refractivity contribution in [2.24, 2.45) is 22.1 Å². The summed E-state index contributed by atoms with van der Waals surface area (Å²) in [7, 11) is 0. The lowest BCUT2D eigenvalue weighted by molar-refractivity contribution is 0.269. The largest absolute Gasteiger partial charge is 0.384 e. The molecule has 1 unspecified atom stereocenters. The molecule has 88 valence electrons. The molecule has 0 amide bonds. The first kappa shape index (κ1) is 12.8. The molecule has 0 radical (unpaired) electrons. The zero-order valence-corrected chi connectivity index (χ0v) is 10.7. The Bertz CT molecular complexity index is 347. The molecule has 1 aromatic carbocycles. The number of nitrogens with zero attached hydrogens (tertiary/aromatic N) is 1. The first-order valence-electron chi connectivity index (χ1n) is 5.76. The number of hydrogen-bond donors (Lipinski definition) is 1. The van der Waals surface area contributed by atoms with E-state index in [1.165, 1.54) is 0 Å². The molecule has 1 aromatic rings. The Morgan fingerprint density at radius 3 is 2.31 bits per heavy atom. The second-order valence-corrected chi connectivity index (χ2v) is 5.36. The van der Waals surface area contributed by atoms with Crippen molar-refractivity contribution >= 4 is 5.84 Å². The molecule has 16 heavy (non-hydrogen) atoms. The van der Waals surface area contributed by atoms with Gasteiger partial charge in [-0.3, -0.25) is 4.99 Å². The van der Waals surface area contributed by atoms with E-state index < -0.39 is 0 Å². The summed E-state index contributed by atoms with van der Waals surface area (Å²) in [5.41, 5.74) is 7.22. The third-order valence-corrected chi connectivity index (χ3v) is 3.08. The standard InChI is InChI=1S/C14H22N2/c1-11(14(2,3)4)10-16-13(15)12-8-6-5-7-9-12/h5-9,11H,10H2,1-4H3,(H2,15,16). The number of hydrogen-bond acceptors (Lipinski definition) is 1. The fourth-order valence-electron chi connectivity index (χ4n) is 1.21. The quantitative estimate of drug-likeness (QED) is 0.614. The van der Waals surface area contributed by atoms with E-state index in [-0.39, 0.29) is 5.41 Å². The second kappa shape index (κ2) is 5.15. The van der Waals surface area contributed by atoms with Crippen LogP contribution in [-0.4, -0.2) is 12.4 Å². The second-order valence-electron chi connectivity index (χ2n) is 5.36. The smallest absolute Gasteiger partial charge is 0.125 e. The summed E-state index contributed by atoms with van der Waals surface area (Å²) in [5.74, 6) is 1.16. The third kappa shape index (κ3) is 3.69. The number of amidine groups is 1. The summed E-state index contributed by atoms with van der Waals surface area (Å²) in [6.45, 7) is 9.68. The molecule has 0 aliphatic heterocycles. The predicted molar refractivity (Wildman–Crippen MR) is 70.7 cm³/mol. The average molecular weight is 218 g/mol. The summed E-state index contributed by atoms with van der Waals surface area (Å²) in [5, 5.41) is 0. The molecule has 0 saturated heterocycles. The number of aliphatic imine (C=N–C) groups is 1. The molecule has 1 rings (SSSR count). The van der Waals surface area contributed by atoms with Gasteiger partial charge in [0.05, 0.1) is 0 Å². The number of nitrogens with two attached hydrogens (primary N) is 1. The van der Waals surface area contributed by atoms with Crippen LogP contribution in [0.5, 0.6) is 0 Å². The van der Waals surface area contributed by atoms with Crippen LogP contribution < -0.4 is 5.73 Å². The Morgan fingerprint density at radius 2 is 1.81 bits per heavy atom. The van der Waals surface area contributed by atoms with Crippen molar-refractivity contribution in [2.45, 2.75) is 27.7 Å². The fourth-order valence-corrected chi connectivity index (χ4v) is 1.21. The van der Waals surface area contributed by atoms with Crippen LogP contribution in [0.25, 0.3) is 0 Å².